The van der Waals surface area contributed by atoms with Gasteiger partial charge in [-0.3, -0.25) is 4.79 Å². The maximum Gasteiger partial charge on any atom is 0.207 e. The Morgan fingerprint density at radius 1 is 1.67 bits per heavy atom. The molecule has 0 aromatic heterocycles. The molecule has 0 radical (unpaired) electrons. The van der Waals surface area contributed by atoms with E-state index in [0.29, 0.717) is 6.41 Å². The van der Waals surface area contributed by atoms with Crippen molar-refractivity contribution in [2.75, 3.05) is 0 Å². The van der Waals surface area contributed by atoms with Crippen molar-refractivity contribution in [3.8, 4) is 0 Å². The molecule has 2 N–H and O–H groups in total. The zero-order valence-corrected chi connectivity index (χ0v) is 6.01. The van der Waals surface area contributed by atoms with Gasteiger partial charge in [0.05, 0.1) is 11.6 Å². The first-order valence-corrected chi connectivity index (χ1v) is 2.90. The van der Waals surface area contributed by atoms with Crippen LogP contribution in [0.1, 0.15) is 20.8 Å². The standard InChI is InChI=1S/C6H13NO2/c1-5(7-4-8)6(2,3)9/h4-5,9H,1-3H3,(H,7,8). The molecule has 0 aromatic carbocycles. The third-order valence-corrected chi connectivity index (χ3v) is 1.38. The Balaban J connectivity index is 3.72. The van der Waals surface area contributed by atoms with E-state index >= 15 is 0 Å². The van der Waals surface area contributed by atoms with Gasteiger partial charge in [-0.05, 0) is 20.8 Å². The molecule has 9 heavy (non-hydrogen) atoms. The van der Waals surface area contributed by atoms with Gasteiger partial charge >= 0.3 is 0 Å². The fraction of sp³-hybridized carbons (Fsp3) is 0.833. The third-order valence-electron chi connectivity index (χ3n) is 1.38. The molecule has 0 saturated carbocycles. The summed E-state index contributed by atoms with van der Waals surface area (Å²) in [7, 11) is 0. The fourth-order valence-electron chi connectivity index (χ4n) is 0.306. The Kier molecular flexibility index (Phi) is 2.65. The Bertz CT molecular complexity index is 95.7. The summed E-state index contributed by atoms with van der Waals surface area (Å²) in [6.07, 6.45) is 0.586. The molecule has 3 nitrogen and oxygen atoms in total. The second-order valence-electron chi connectivity index (χ2n) is 2.66. The first-order chi connectivity index (χ1) is 3.98. The zero-order chi connectivity index (χ0) is 7.49. The van der Waals surface area contributed by atoms with Crippen molar-refractivity contribution in [1.82, 2.24) is 5.32 Å². The molecule has 1 amide bonds. The van der Waals surface area contributed by atoms with Gasteiger partial charge in [-0.25, -0.2) is 0 Å². The smallest absolute Gasteiger partial charge is 0.207 e. The van der Waals surface area contributed by atoms with Crippen molar-refractivity contribution in [3.05, 3.63) is 0 Å². The van der Waals surface area contributed by atoms with E-state index in [1.54, 1.807) is 20.8 Å². The van der Waals surface area contributed by atoms with Gasteiger partial charge in [-0.2, -0.15) is 0 Å². The second-order valence-corrected chi connectivity index (χ2v) is 2.66. The van der Waals surface area contributed by atoms with Crippen molar-refractivity contribution in [3.63, 3.8) is 0 Å². The Morgan fingerprint density at radius 2 is 2.11 bits per heavy atom. The number of amides is 1. The van der Waals surface area contributed by atoms with E-state index in [9.17, 15) is 9.90 Å². The largest absolute Gasteiger partial charge is 0.388 e. The quantitative estimate of drug-likeness (QED) is 0.525. The highest BCUT2D eigenvalue weighted by Crippen LogP contribution is 2.05. The van der Waals surface area contributed by atoms with Crippen LogP contribution in [0.3, 0.4) is 0 Å². The molecule has 0 aromatic rings. The van der Waals surface area contributed by atoms with E-state index in [-0.39, 0.29) is 6.04 Å². The molecule has 0 aliphatic carbocycles. The summed E-state index contributed by atoms with van der Waals surface area (Å²) >= 11 is 0. The van der Waals surface area contributed by atoms with Gasteiger partial charge in [0.2, 0.25) is 6.41 Å². The van der Waals surface area contributed by atoms with Crippen LogP contribution in [0.4, 0.5) is 0 Å². The van der Waals surface area contributed by atoms with Crippen LogP contribution in [0.15, 0.2) is 0 Å². The summed E-state index contributed by atoms with van der Waals surface area (Å²) in [6, 6.07) is -0.199. The minimum absolute atomic E-state index is 0.199. The molecule has 0 saturated heterocycles. The summed E-state index contributed by atoms with van der Waals surface area (Å²) < 4.78 is 0. The maximum absolute atomic E-state index is 9.84. The van der Waals surface area contributed by atoms with E-state index < -0.39 is 5.60 Å². The van der Waals surface area contributed by atoms with Crippen LogP contribution in [0, 0.1) is 0 Å². The van der Waals surface area contributed by atoms with Crippen molar-refractivity contribution in [2.45, 2.75) is 32.4 Å². The molecular formula is C6H13NO2. The monoisotopic (exact) mass is 131 g/mol. The lowest BCUT2D eigenvalue weighted by atomic mass is 10.0. The van der Waals surface area contributed by atoms with Gasteiger partial charge in [0, 0.05) is 0 Å². The average Bonchev–Trinajstić information content (AvgIpc) is 1.64. The van der Waals surface area contributed by atoms with Gasteiger partial charge in [-0.15, -0.1) is 0 Å². The number of rotatable bonds is 3. The average molecular weight is 131 g/mol. The van der Waals surface area contributed by atoms with Crippen LogP contribution in [-0.4, -0.2) is 23.2 Å². The molecule has 0 aliphatic heterocycles. The van der Waals surface area contributed by atoms with Crippen LogP contribution < -0.4 is 5.32 Å². The summed E-state index contributed by atoms with van der Waals surface area (Å²) in [5, 5.41) is 11.7. The van der Waals surface area contributed by atoms with E-state index in [1.165, 1.54) is 0 Å². The molecule has 0 rings (SSSR count). The molecule has 0 fully saturated rings. The first-order valence-electron chi connectivity index (χ1n) is 2.90. The summed E-state index contributed by atoms with van der Waals surface area (Å²) in [5.41, 5.74) is -0.832. The van der Waals surface area contributed by atoms with E-state index in [1.807, 2.05) is 0 Å². The molecule has 0 bridgehead atoms. The number of carbonyl (C=O) groups is 1. The number of hydrogen-bond donors (Lipinski definition) is 2. The van der Waals surface area contributed by atoms with Crippen molar-refractivity contribution in [1.29, 1.82) is 0 Å². The van der Waals surface area contributed by atoms with Crippen LogP contribution in [0.2, 0.25) is 0 Å². The maximum atomic E-state index is 9.84. The Morgan fingerprint density at radius 3 is 2.22 bits per heavy atom. The molecular weight excluding hydrogens is 118 g/mol. The van der Waals surface area contributed by atoms with Crippen LogP contribution in [-0.2, 0) is 4.79 Å². The third kappa shape index (κ3) is 3.08. The first kappa shape index (κ1) is 8.43. The Hall–Kier alpha value is -0.570. The predicted octanol–water partition coefficient (Wildman–Crippen LogP) is -0.108. The van der Waals surface area contributed by atoms with Gasteiger partial charge in [0.25, 0.3) is 0 Å². The topological polar surface area (TPSA) is 49.3 Å². The number of hydrogen-bond acceptors (Lipinski definition) is 2. The molecule has 3 heteroatoms. The molecule has 54 valence electrons. The number of nitrogens with one attached hydrogen (secondary N) is 1. The Labute approximate surface area is 55.1 Å². The van der Waals surface area contributed by atoms with E-state index in [0.717, 1.165) is 0 Å². The lowest BCUT2D eigenvalue weighted by molar-refractivity contribution is -0.111. The SMILES string of the molecule is CC(NC=O)C(C)(C)O. The van der Waals surface area contributed by atoms with Gasteiger partial charge in [0.15, 0.2) is 0 Å². The van der Waals surface area contributed by atoms with Gasteiger partial charge in [-0.1, -0.05) is 0 Å². The van der Waals surface area contributed by atoms with Crippen LogP contribution in [0.25, 0.3) is 0 Å². The highest BCUT2D eigenvalue weighted by molar-refractivity contribution is 5.46. The predicted molar refractivity (Wildman–Crippen MR) is 35.0 cm³/mol. The number of aliphatic hydroxyl groups is 1. The second kappa shape index (κ2) is 2.82. The van der Waals surface area contributed by atoms with Crippen molar-refractivity contribution in [2.24, 2.45) is 0 Å². The highest BCUT2D eigenvalue weighted by Gasteiger charge is 2.20. The molecule has 0 aliphatic rings. The molecule has 1 unspecified atom stereocenters. The summed E-state index contributed by atoms with van der Waals surface area (Å²) in [4.78, 5) is 9.84. The van der Waals surface area contributed by atoms with Crippen molar-refractivity contribution >= 4 is 6.41 Å². The van der Waals surface area contributed by atoms with Crippen LogP contribution in [0.5, 0.6) is 0 Å². The van der Waals surface area contributed by atoms with Gasteiger partial charge < -0.3 is 10.4 Å². The summed E-state index contributed by atoms with van der Waals surface area (Å²) in [6.45, 7) is 5.04. The molecule has 0 heterocycles. The zero-order valence-electron chi connectivity index (χ0n) is 6.01. The van der Waals surface area contributed by atoms with Crippen LogP contribution >= 0.6 is 0 Å². The normalized spacial score (nSPS) is 14.7. The molecule has 0 spiro atoms. The van der Waals surface area contributed by atoms with Crippen molar-refractivity contribution < 1.29 is 9.90 Å². The molecule has 1 atom stereocenters. The minimum Gasteiger partial charge on any atom is -0.388 e. The lowest BCUT2D eigenvalue weighted by Gasteiger charge is -2.24. The van der Waals surface area contributed by atoms with E-state index in [4.69, 9.17) is 0 Å². The highest BCUT2D eigenvalue weighted by atomic mass is 16.3. The van der Waals surface area contributed by atoms with Gasteiger partial charge in [0.1, 0.15) is 0 Å². The lowest BCUT2D eigenvalue weighted by Crippen LogP contribution is -2.43. The number of carbonyl (C=O) groups excluding carboxylic acids is 1. The minimum atomic E-state index is -0.832. The summed E-state index contributed by atoms with van der Waals surface area (Å²) in [5.74, 6) is 0. The fourth-order valence-corrected chi connectivity index (χ4v) is 0.306. The van der Waals surface area contributed by atoms with E-state index in [2.05, 4.69) is 5.32 Å².